The first-order chi connectivity index (χ1) is 8.65. The molecule has 2 heterocycles. The zero-order valence-corrected chi connectivity index (χ0v) is 12.2. The largest absolute Gasteiger partial charge is 0.465 e. The molecule has 0 spiro atoms. The van der Waals surface area contributed by atoms with Gasteiger partial charge in [0, 0.05) is 18.0 Å². The molecule has 1 amide bonds. The molecule has 0 unspecified atom stereocenters. The molecular weight excluding hydrogens is 314 g/mol. The summed E-state index contributed by atoms with van der Waals surface area (Å²) in [6.45, 7) is 0.609. The van der Waals surface area contributed by atoms with Gasteiger partial charge in [0.15, 0.2) is 0 Å². The van der Waals surface area contributed by atoms with Crippen LogP contribution in [0.2, 0.25) is 0 Å². The van der Waals surface area contributed by atoms with Crippen molar-refractivity contribution in [1.82, 2.24) is 4.90 Å². The van der Waals surface area contributed by atoms with E-state index in [1.165, 1.54) is 6.08 Å². The fraction of sp³-hybridized carbons (Fsp3) is 0.154. The molecule has 3 nitrogen and oxygen atoms in total. The minimum Gasteiger partial charge on any atom is -0.465 e. The van der Waals surface area contributed by atoms with Gasteiger partial charge in [-0.1, -0.05) is 0 Å². The molecule has 2 rings (SSSR count). The summed E-state index contributed by atoms with van der Waals surface area (Å²) < 4.78 is 6.20. The third kappa shape index (κ3) is 3.58. The van der Waals surface area contributed by atoms with Crippen molar-refractivity contribution in [3.63, 3.8) is 0 Å². The van der Waals surface area contributed by atoms with Gasteiger partial charge in [0.25, 0.3) is 0 Å². The minimum absolute atomic E-state index is 0.0454. The molecule has 2 aromatic rings. The summed E-state index contributed by atoms with van der Waals surface area (Å²) in [5.41, 5.74) is 0. The molecular formula is C13H12BrNO2S. The van der Waals surface area contributed by atoms with Gasteiger partial charge in [0.1, 0.15) is 5.76 Å². The van der Waals surface area contributed by atoms with Gasteiger partial charge < -0.3 is 9.32 Å². The number of carbonyl (C=O) groups is 1. The van der Waals surface area contributed by atoms with Gasteiger partial charge in [0.05, 0.1) is 16.6 Å². The topological polar surface area (TPSA) is 33.5 Å². The molecule has 0 radical (unpaired) electrons. The zero-order chi connectivity index (χ0) is 13.0. The highest BCUT2D eigenvalue weighted by atomic mass is 79.9. The van der Waals surface area contributed by atoms with Crippen LogP contribution < -0.4 is 0 Å². The lowest BCUT2D eigenvalue weighted by molar-refractivity contribution is -0.125. The number of likely N-dealkylation sites (N-methyl/N-ethyl adjacent to an activating group) is 1. The summed E-state index contributed by atoms with van der Waals surface area (Å²) in [5.74, 6) is 0.631. The van der Waals surface area contributed by atoms with Crippen LogP contribution in [0.25, 0.3) is 6.08 Å². The zero-order valence-electron chi connectivity index (χ0n) is 9.80. The Morgan fingerprint density at radius 1 is 1.50 bits per heavy atom. The normalized spacial score (nSPS) is 11.0. The lowest BCUT2D eigenvalue weighted by atomic mass is 10.3. The van der Waals surface area contributed by atoms with Crippen LogP contribution in [0.4, 0.5) is 0 Å². The number of carbonyl (C=O) groups excluding carboxylic acids is 1. The van der Waals surface area contributed by atoms with E-state index in [4.69, 9.17) is 4.42 Å². The van der Waals surface area contributed by atoms with Crippen LogP contribution in [0.15, 0.2) is 44.8 Å². The van der Waals surface area contributed by atoms with Crippen molar-refractivity contribution >= 4 is 39.2 Å². The Morgan fingerprint density at radius 3 is 2.94 bits per heavy atom. The van der Waals surface area contributed by atoms with E-state index in [2.05, 4.69) is 15.9 Å². The quantitative estimate of drug-likeness (QED) is 0.801. The first kappa shape index (κ1) is 13.1. The number of thiophene rings is 1. The highest BCUT2D eigenvalue weighted by molar-refractivity contribution is 9.11. The number of amides is 1. The Morgan fingerprint density at radius 2 is 2.33 bits per heavy atom. The van der Waals surface area contributed by atoms with E-state index >= 15 is 0 Å². The van der Waals surface area contributed by atoms with Crippen molar-refractivity contribution in [2.24, 2.45) is 0 Å². The highest BCUT2D eigenvalue weighted by Gasteiger charge is 2.07. The molecule has 0 saturated carbocycles. The summed E-state index contributed by atoms with van der Waals surface area (Å²) in [5, 5.41) is 0. The number of hydrogen-bond acceptors (Lipinski definition) is 3. The number of hydrogen-bond donors (Lipinski definition) is 0. The van der Waals surface area contributed by atoms with Gasteiger partial charge >= 0.3 is 0 Å². The van der Waals surface area contributed by atoms with Crippen molar-refractivity contribution in [3.8, 4) is 0 Å². The van der Waals surface area contributed by atoms with Gasteiger partial charge in [-0.25, -0.2) is 0 Å². The lowest BCUT2D eigenvalue weighted by Gasteiger charge is -2.13. The third-order valence-corrected chi connectivity index (χ3v) is 3.94. The summed E-state index contributed by atoms with van der Waals surface area (Å²) in [4.78, 5) is 14.6. The predicted octanol–water partition coefficient (Wildman–Crippen LogP) is 3.78. The summed E-state index contributed by atoms with van der Waals surface area (Å²) >= 11 is 5.03. The van der Waals surface area contributed by atoms with Crippen molar-refractivity contribution in [1.29, 1.82) is 0 Å². The molecule has 0 bridgehead atoms. The number of rotatable bonds is 4. The number of furan rings is 1. The Balaban J connectivity index is 1.92. The average Bonchev–Trinajstić information content (AvgIpc) is 2.97. The van der Waals surface area contributed by atoms with Gasteiger partial charge in [-0.05, 0) is 46.3 Å². The average molecular weight is 326 g/mol. The minimum atomic E-state index is -0.0454. The van der Waals surface area contributed by atoms with E-state index in [9.17, 15) is 4.79 Å². The second-order valence-corrected chi connectivity index (χ2v) is 6.30. The maximum absolute atomic E-state index is 11.8. The third-order valence-electron chi connectivity index (χ3n) is 2.33. The fourth-order valence-corrected chi connectivity index (χ4v) is 2.95. The van der Waals surface area contributed by atoms with Gasteiger partial charge in [0.2, 0.25) is 5.91 Å². The first-order valence-corrected chi connectivity index (χ1v) is 6.97. The molecule has 0 aliphatic rings. The van der Waals surface area contributed by atoms with Crippen LogP contribution in [0, 0.1) is 0 Å². The standard InChI is InChI=1S/C13H12BrNO2S/c1-15(9-11-5-6-12(14)18-11)13(16)7-4-10-3-2-8-17-10/h2-8H,9H2,1H3/b7-4+. The molecule has 0 aliphatic carbocycles. The van der Waals surface area contributed by atoms with Gasteiger partial charge in [-0.2, -0.15) is 0 Å². The van der Waals surface area contributed by atoms with Crippen LogP contribution in [0.5, 0.6) is 0 Å². The van der Waals surface area contributed by atoms with Crippen molar-refractivity contribution in [2.45, 2.75) is 6.54 Å². The molecule has 0 N–H and O–H groups in total. The number of nitrogens with zero attached hydrogens (tertiary/aromatic N) is 1. The Kier molecular flexibility index (Phi) is 4.38. The van der Waals surface area contributed by atoms with Crippen LogP contribution >= 0.6 is 27.3 Å². The molecule has 0 fully saturated rings. The summed E-state index contributed by atoms with van der Waals surface area (Å²) in [6, 6.07) is 7.59. The van der Waals surface area contributed by atoms with Crippen molar-refractivity contribution in [2.75, 3.05) is 7.05 Å². The SMILES string of the molecule is CN(Cc1ccc(Br)s1)C(=O)/C=C/c1ccco1. The monoisotopic (exact) mass is 325 g/mol. The molecule has 0 saturated heterocycles. The molecule has 0 aliphatic heterocycles. The molecule has 0 aromatic carbocycles. The van der Waals surface area contributed by atoms with E-state index in [0.29, 0.717) is 12.3 Å². The van der Waals surface area contributed by atoms with Crippen LogP contribution in [-0.4, -0.2) is 17.9 Å². The van der Waals surface area contributed by atoms with Crippen LogP contribution in [0.3, 0.4) is 0 Å². The van der Waals surface area contributed by atoms with Gasteiger partial charge in [-0.3, -0.25) is 4.79 Å². The summed E-state index contributed by atoms with van der Waals surface area (Å²) in [7, 11) is 1.78. The predicted molar refractivity (Wildman–Crippen MR) is 76.2 cm³/mol. The Hall–Kier alpha value is -1.33. The van der Waals surface area contributed by atoms with Crippen LogP contribution in [0.1, 0.15) is 10.6 Å². The van der Waals surface area contributed by atoms with E-state index < -0.39 is 0 Å². The second kappa shape index (κ2) is 6.02. The Bertz CT molecular complexity index is 545. The molecule has 94 valence electrons. The lowest BCUT2D eigenvalue weighted by Crippen LogP contribution is -2.23. The van der Waals surface area contributed by atoms with Crippen LogP contribution in [-0.2, 0) is 11.3 Å². The molecule has 5 heteroatoms. The van der Waals surface area contributed by atoms with Gasteiger partial charge in [-0.15, -0.1) is 11.3 Å². The van der Waals surface area contributed by atoms with E-state index in [0.717, 1.165) is 8.66 Å². The maximum atomic E-state index is 11.8. The maximum Gasteiger partial charge on any atom is 0.246 e. The van der Waals surface area contributed by atoms with Crippen molar-refractivity contribution in [3.05, 3.63) is 51.0 Å². The smallest absolute Gasteiger partial charge is 0.246 e. The fourth-order valence-electron chi connectivity index (χ4n) is 1.42. The van der Waals surface area contributed by atoms with E-state index in [1.54, 1.807) is 47.8 Å². The first-order valence-electron chi connectivity index (χ1n) is 5.36. The molecule has 0 atom stereocenters. The highest BCUT2D eigenvalue weighted by Crippen LogP contribution is 2.23. The summed E-state index contributed by atoms with van der Waals surface area (Å²) in [6.07, 6.45) is 4.77. The number of halogens is 1. The van der Waals surface area contributed by atoms with Crippen molar-refractivity contribution < 1.29 is 9.21 Å². The van der Waals surface area contributed by atoms with E-state index in [1.807, 2.05) is 12.1 Å². The van der Waals surface area contributed by atoms with E-state index in [-0.39, 0.29) is 5.91 Å². The molecule has 18 heavy (non-hydrogen) atoms. The Labute approximate surface area is 118 Å². The molecule has 2 aromatic heterocycles. The second-order valence-electron chi connectivity index (χ2n) is 3.75.